The number of hydrogen-bond acceptors (Lipinski definition) is 4. The maximum atomic E-state index is 13.3. The molecule has 1 aromatic heterocycles. The lowest BCUT2D eigenvalue weighted by Gasteiger charge is -2.13. The summed E-state index contributed by atoms with van der Waals surface area (Å²) in [5, 5.41) is 1.66. The van der Waals surface area contributed by atoms with Crippen molar-refractivity contribution in [2.75, 3.05) is 6.54 Å². The molecule has 0 N–H and O–H groups in total. The second kappa shape index (κ2) is 8.31. The van der Waals surface area contributed by atoms with Gasteiger partial charge in [0.15, 0.2) is 0 Å². The molecule has 5 rings (SSSR count). The predicted octanol–water partition coefficient (Wildman–Crippen LogP) is 3.50. The molecule has 162 valence electrons. The number of rotatable bonds is 5. The molecule has 2 amide bonds. The maximum Gasteiger partial charge on any atom is 0.345 e. The number of fused-ring (bicyclic) bond motifs is 2. The molecule has 0 unspecified atom stereocenters. The summed E-state index contributed by atoms with van der Waals surface area (Å²) in [6, 6.07) is 22.7. The summed E-state index contributed by atoms with van der Waals surface area (Å²) in [4.78, 5) is 37.9. The number of ether oxygens (including phenoxy) is 1. The van der Waals surface area contributed by atoms with Crippen molar-refractivity contribution in [2.45, 2.75) is 6.42 Å². The first kappa shape index (κ1) is 20.6. The van der Waals surface area contributed by atoms with Gasteiger partial charge in [-0.05, 0) is 36.2 Å². The van der Waals surface area contributed by atoms with Gasteiger partial charge in [0.25, 0.3) is 11.8 Å². The van der Waals surface area contributed by atoms with Crippen molar-refractivity contribution < 1.29 is 23.7 Å². The molecule has 0 radical (unpaired) electrons. The number of benzene rings is 3. The number of aryl methyl sites for hydroxylation is 1. The highest BCUT2D eigenvalue weighted by Gasteiger charge is 2.24. The Balaban J connectivity index is 1.39. The first-order valence-corrected chi connectivity index (χ1v) is 10.7. The molecular weight excluding hydrogens is 416 g/mol. The van der Waals surface area contributed by atoms with Gasteiger partial charge in [-0.3, -0.25) is 14.5 Å². The Morgan fingerprint density at radius 3 is 1.94 bits per heavy atom. The van der Waals surface area contributed by atoms with Gasteiger partial charge in [-0.15, -0.1) is 0 Å². The molecule has 33 heavy (non-hydrogen) atoms. The minimum Gasteiger partial charge on any atom is -0.423 e. The zero-order chi connectivity index (χ0) is 22.9. The molecule has 0 aliphatic carbocycles. The van der Waals surface area contributed by atoms with Crippen LogP contribution in [-0.4, -0.2) is 29.2 Å². The molecular formula is C27H21N2O4+. The van der Waals surface area contributed by atoms with Crippen molar-refractivity contribution in [3.8, 4) is 5.75 Å². The zero-order valence-corrected chi connectivity index (χ0v) is 18.0. The van der Waals surface area contributed by atoms with E-state index in [1.165, 1.54) is 17.1 Å². The number of hydrogen-bond donors (Lipinski definition) is 0. The smallest absolute Gasteiger partial charge is 0.345 e. The van der Waals surface area contributed by atoms with E-state index >= 15 is 0 Å². The fourth-order valence-corrected chi connectivity index (χ4v) is 4.22. The van der Waals surface area contributed by atoms with Crippen LogP contribution in [0.2, 0.25) is 0 Å². The van der Waals surface area contributed by atoms with Gasteiger partial charge in [0.1, 0.15) is 12.8 Å². The number of carbonyl (C=O) groups is 3. The molecule has 3 aromatic carbocycles. The van der Waals surface area contributed by atoms with Gasteiger partial charge in [-0.25, -0.2) is 4.79 Å². The van der Waals surface area contributed by atoms with E-state index in [-0.39, 0.29) is 11.8 Å². The number of amides is 2. The van der Waals surface area contributed by atoms with Crippen LogP contribution in [-0.2, 0) is 23.1 Å². The number of imide groups is 1. The predicted molar refractivity (Wildman–Crippen MR) is 124 cm³/mol. The molecule has 0 atom stereocenters. The van der Waals surface area contributed by atoms with E-state index in [4.69, 9.17) is 4.74 Å². The van der Waals surface area contributed by atoms with Crippen molar-refractivity contribution in [3.05, 3.63) is 96.1 Å². The standard InChI is InChI=1S/C27H21N2O4/c1-28-22-8-4-2-6-20(22)26(21-7-3-5-9-23(21)28)27(32)33-19-12-10-18(11-13-19)16-17-29-24(30)14-15-25(29)31/h2-15H,16-17H2,1H3/q+1. The second-order valence-corrected chi connectivity index (χ2v) is 7.91. The third-order valence-electron chi connectivity index (χ3n) is 5.93. The topological polar surface area (TPSA) is 67.6 Å². The number of aromatic nitrogens is 1. The van der Waals surface area contributed by atoms with Crippen LogP contribution in [0.3, 0.4) is 0 Å². The molecule has 6 nitrogen and oxygen atoms in total. The Bertz CT molecular complexity index is 1380. The molecule has 0 bridgehead atoms. The van der Waals surface area contributed by atoms with E-state index in [1.54, 1.807) is 12.1 Å². The van der Waals surface area contributed by atoms with Gasteiger partial charge < -0.3 is 4.74 Å². The number of nitrogens with zero attached hydrogens (tertiary/aromatic N) is 2. The summed E-state index contributed by atoms with van der Waals surface area (Å²) >= 11 is 0. The van der Waals surface area contributed by atoms with E-state index in [0.29, 0.717) is 24.3 Å². The summed E-state index contributed by atoms with van der Waals surface area (Å²) in [5.41, 5.74) is 3.35. The van der Waals surface area contributed by atoms with Gasteiger partial charge in [0.05, 0.1) is 16.3 Å². The lowest BCUT2D eigenvalue weighted by molar-refractivity contribution is -0.617. The largest absolute Gasteiger partial charge is 0.423 e. The Morgan fingerprint density at radius 2 is 1.36 bits per heavy atom. The maximum absolute atomic E-state index is 13.3. The van der Waals surface area contributed by atoms with Crippen LogP contribution in [0.4, 0.5) is 0 Å². The quantitative estimate of drug-likeness (QED) is 0.158. The summed E-state index contributed by atoms with van der Waals surface area (Å²) in [6.07, 6.45) is 3.08. The van der Waals surface area contributed by atoms with Crippen LogP contribution in [0.5, 0.6) is 5.75 Å². The van der Waals surface area contributed by atoms with Crippen LogP contribution in [0.25, 0.3) is 21.8 Å². The average Bonchev–Trinajstić information content (AvgIpc) is 3.16. The SMILES string of the molecule is C[n+]1c2ccccc2c(C(=O)Oc2ccc(CCN3C(=O)C=CC3=O)cc2)c2ccccc21. The van der Waals surface area contributed by atoms with Gasteiger partial charge >= 0.3 is 5.97 Å². The highest BCUT2D eigenvalue weighted by atomic mass is 16.5. The zero-order valence-electron chi connectivity index (χ0n) is 18.0. The molecule has 6 heteroatoms. The van der Waals surface area contributed by atoms with E-state index in [0.717, 1.165) is 27.4 Å². The minimum absolute atomic E-state index is 0.290. The number of esters is 1. The van der Waals surface area contributed by atoms with Crippen molar-refractivity contribution >= 4 is 39.6 Å². The highest BCUT2D eigenvalue weighted by Crippen LogP contribution is 2.26. The van der Waals surface area contributed by atoms with Crippen LogP contribution < -0.4 is 9.30 Å². The van der Waals surface area contributed by atoms with Gasteiger partial charge in [0, 0.05) is 30.8 Å². The van der Waals surface area contributed by atoms with Crippen LogP contribution in [0.15, 0.2) is 84.9 Å². The minimum atomic E-state index is -0.421. The number of para-hydroxylation sites is 2. The van der Waals surface area contributed by atoms with Crippen LogP contribution in [0.1, 0.15) is 15.9 Å². The Morgan fingerprint density at radius 1 is 0.818 bits per heavy atom. The summed E-state index contributed by atoms with van der Waals surface area (Å²) in [5.74, 6) is -0.572. The first-order valence-electron chi connectivity index (χ1n) is 10.7. The van der Waals surface area contributed by atoms with E-state index in [2.05, 4.69) is 4.57 Å². The van der Waals surface area contributed by atoms with Gasteiger partial charge in [-0.2, -0.15) is 4.57 Å². The van der Waals surface area contributed by atoms with Crippen LogP contribution in [0, 0.1) is 0 Å². The monoisotopic (exact) mass is 437 g/mol. The molecule has 4 aromatic rings. The van der Waals surface area contributed by atoms with Crippen molar-refractivity contribution in [3.63, 3.8) is 0 Å². The molecule has 2 heterocycles. The molecule has 0 spiro atoms. The number of pyridine rings is 1. The van der Waals surface area contributed by atoms with Crippen molar-refractivity contribution in [1.29, 1.82) is 0 Å². The lowest BCUT2D eigenvalue weighted by Crippen LogP contribution is -2.31. The lowest BCUT2D eigenvalue weighted by atomic mass is 10.0. The molecule has 1 aliphatic heterocycles. The third kappa shape index (κ3) is 3.76. The third-order valence-corrected chi connectivity index (χ3v) is 5.93. The number of carbonyl (C=O) groups excluding carboxylic acids is 3. The Kier molecular flexibility index (Phi) is 5.18. The van der Waals surface area contributed by atoms with Gasteiger partial charge in [-0.1, -0.05) is 36.4 Å². The fourth-order valence-electron chi connectivity index (χ4n) is 4.22. The summed E-state index contributed by atoms with van der Waals surface area (Å²) in [7, 11) is 1.98. The molecule has 0 saturated heterocycles. The first-order chi connectivity index (χ1) is 16.0. The second-order valence-electron chi connectivity index (χ2n) is 7.91. The highest BCUT2D eigenvalue weighted by molar-refractivity contribution is 6.13. The molecule has 1 aliphatic rings. The average molecular weight is 437 g/mol. The Hall–Kier alpha value is -4.32. The van der Waals surface area contributed by atoms with E-state index in [9.17, 15) is 14.4 Å². The molecule has 0 fully saturated rings. The fraction of sp³-hybridized carbons (Fsp3) is 0.111. The van der Waals surface area contributed by atoms with Crippen molar-refractivity contribution in [2.24, 2.45) is 7.05 Å². The summed E-state index contributed by atoms with van der Waals surface area (Å²) < 4.78 is 7.82. The normalized spacial score (nSPS) is 13.3. The van der Waals surface area contributed by atoms with Crippen LogP contribution >= 0.6 is 0 Å². The van der Waals surface area contributed by atoms with E-state index < -0.39 is 5.97 Å². The van der Waals surface area contributed by atoms with Gasteiger partial charge in [0.2, 0.25) is 11.0 Å². The Labute approximate surface area is 190 Å². The van der Waals surface area contributed by atoms with Crippen molar-refractivity contribution in [1.82, 2.24) is 4.90 Å². The van der Waals surface area contributed by atoms with E-state index in [1.807, 2.05) is 67.7 Å². The molecule has 0 saturated carbocycles. The summed E-state index contributed by atoms with van der Waals surface area (Å²) in [6.45, 7) is 0.308.